The van der Waals surface area contributed by atoms with Crippen LogP contribution in [0.15, 0.2) is 30.6 Å². The number of carbonyl (C=O) groups excluding carboxylic acids is 1. The fourth-order valence-electron chi connectivity index (χ4n) is 3.35. The van der Waals surface area contributed by atoms with Crippen LogP contribution >= 0.6 is 11.8 Å². The summed E-state index contributed by atoms with van der Waals surface area (Å²) >= 11 is 2.02. The highest BCUT2D eigenvalue weighted by molar-refractivity contribution is 7.99. The van der Waals surface area contributed by atoms with Gasteiger partial charge in [0.15, 0.2) is 0 Å². The highest BCUT2D eigenvalue weighted by Gasteiger charge is 2.29. The van der Waals surface area contributed by atoms with Crippen molar-refractivity contribution in [2.75, 3.05) is 19.3 Å². The largest absolute Gasteiger partial charge is 0.338 e. The van der Waals surface area contributed by atoms with Crippen LogP contribution < -0.4 is 5.32 Å². The first kappa shape index (κ1) is 17.1. The van der Waals surface area contributed by atoms with E-state index in [1.54, 1.807) is 0 Å². The quantitative estimate of drug-likeness (QED) is 0.874. The van der Waals surface area contributed by atoms with Gasteiger partial charge in [0.2, 0.25) is 0 Å². The molecule has 1 aliphatic carbocycles. The zero-order valence-corrected chi connectivity index (χ0v) is 15.3. The lowest BCUT2D eigenvalue weighted by Crippen LogP contribution is -2.43. The Kier molecular flexibility index (Phi) is 5.66. The Bertz CT molecular complexity index is 653. The SMILES string of the molecule is CCS[C@@H]1CC[C@H](N(C)C(=O)NCCc2cn3ccccc3n2)C1. The number of hydrogen-bond donors (Lipinski definition) is 1. The highest BCUT2D eigenvalue weighted by atomic mass is 32.2. The Morgan fingerprint density at radius 3 is 3.12 bits per heavy atom. The minimum absolute atomic E-state index is 0.0333. The number of nitrogens with zero attached hydrogens (tertiary/aromatic N) is 3. The number of nitrogens with one attached hydrogen (secondary N) is 1. The molecule has 2 amide bonds. The smallest absolute Gasteiger partial charge is 0.317 e. The van der Waals surface area contributed by atoms with Crippen molar-refractivity contribution >= 4 is 23.4 Å². The molecule has 0 radical (unpaired) electrons. The van der Waals surface area contributed by atoms with E-state index in [9.17, 15) is 4.79 Å². The van der Waals surface area contributed by atoms with Crippen LogP contribution in [0, 0.1) is 0 Å². The molecule has 2 atom stereocenters. The minimum Gasteiger partial charge on any atom is -0.338 e. The molecule has 0 aromatic carbocycles. The number of thioether (sulfide) groups is 1. The molecule has 1 saturated carbocycles. The predicted molar refractivity (Wildman–Crippen MR) is 99.6 cm³/mol. The summed E-state index contributed by atoms with van der Waals surface area (Å²) in [6.45, 7) is 2.82. The third-order valence-corrected chi connectivity index (χ3v) is 5.93. The Hall–Kier alpha value is -1.69. The molecular weight excluding hydrogens is 320 g/mol. The van der Waals surface area contributed by atoms with Gasteiger partial charge in [0.05, 0.1) is 5.69 Å². The molecule has 5 nitrogen and oxygen atoms in total. The molecule has 24 heavy (non-hydrogen) atoms. The monoisotopic (exact) mass is 346 g/mol. The first-order chi connectivity index (χ1) is 11.7. The lowest BCUT2D eigenvalue weighted by molar-refractivity contribution is 0.191. The van der Waals surface area contributed by atoms with Gasteiger partial charge in [-0.2, -0.15) is 11.8 Å². The van der Waals surface area contributed by atoms with Gasteiger partial charge in [-0.15, -0.1) is 0 Å². The second kappa shape index (κ2) is 7.92. The first-order valence-electron chi connectivity index (χ1n) is 8.72. The predicted octanol–water partition coefficient (Wildman–Crippen LogP) is 3.19. The van der Waals surface area contributed by atoms with Crippen molar-refractivity contribution in [2.24, 2.45) is 0 Å². The minimum atomic E-state index is 0.0333. The molecule has 2 heterocycles. The van der Waals surface area contributed by atoms with E-state index in [0.717, 1.165) is 36.4 Å². The van der Waals surface area contributed by atoms with E-state index in [4.69, 9.17) is 0 Å². The summed E-state index contributed by atoms with van der Waals surface area (Å²) in [7, 11) is 1.92. The van der Waals surface area contributed by atoms with E-state index in [0.29, 0.717) is 17.8 Å². The molecule has 3 rings (SSSR count). The molecule has 0 bridgehead atoms. The zero-order chi connectivity index (χ0) is 16.9. The Morgan fingerprint density at radius 1 is 1.46 bits per heavy atom. The third kappa shape index (κ3) is 4.04. The van der Waals surface area contributed by atoms with Crippen LogP contribution in [-0.2, 0) is 6.42 Å². The van der Waals surface area contributed by atoms with Crippen molar-refractivity contribution in [3.05, 3.63) is 36.3 Å². The van der Waals surface area contributed by atoms with Crippen molar-refractivity contribution in [3.8, 4) is 0 Å². The summed E-state index contributed by atoms with van der Waals surface area (Å²) in [6, 6.07) is 6.37. The van der Waals surface area contributed by atoms with Gasteiger partial charge in [-0.1, -0.05) is 13.0 Å². The zero-order valence-electron chi connectivity index (χ0n) is 14.4. The number of imidazole rings is 1. The number of aromatic nitrogens is 2. The normalized spacial score (nSPS) is 20.4. The van der Waals surface area contributed by atoms with Crippen LogP contribution in [0.3, 0.4) is 0 Å². The maximum atomic E-state index is 12.3. The third-order valence-electron chi connectivity index (χ3n) is 4.70. The van der Waals surface area contributed by atoms with E-state index >= 15 is 0 Å². The van der Waals surface area contributed by atoms with Crippen molar-refractivity contribution in [1.29, 1.82) is 0 Å². The van der Waals surface area contributed by atoms with Crippen LogP contribution in [0.4, 0.5) is 4.79 Å². The van der Waals surface area contributed by atoms with Gasteiger partial charge in [-0.05, 0) is 37.1 Å². The van der Waals surface area contributed by atoms with E-state index in [-0.39, 0.29) is 6.03 Å². The summed E-state index contributed by atoms with van der Waals surface area (Å²) in [5.74, 6) is 1.16. The molecule has 1 fully saturated rings. The van der Waals surface area contributed by atoms with Gasteiger partial charge < -0.3 is 14.6 Å². The lowest BCUT2D eigenvalue weighted by Gasteiger charge is -2.25. The van der Waals surface area contributed by atoms with Crippen LogP contribution in [0.2, 0.25) is 0 Å². The molecule has 0 aliphatic heterocycles. The summed E-state index contributed by atoms with van der Waals surface area (Å²) < 4.78 is 2.01. The van der Waals surface area contributed by atoms with Gasteiger partial charge in [0.25, 0.3) is 0 Å². The molecule has 6 heteroatoms. The van der Waals surface area contributed by atoms with Crippen molar-refractivity contribution in [2.45, 2.75) is 43.9 Å². The maximum absolute atomic E-state index is 12.3. The van der Waals surface area contributed by atoms with Gasteiger partial charge in [-0.3, -0.25) is 0 Å². The van der Waals surface area contributed by atoms with Gasteiger partial charge in [-0.25, -0.2) is 9.78 Å². The second-order valence-corrected chi connectivity index (χ2v) is 7.91. The average Bonchev–Trinajstić information content (AvgIpc) is 3.20. The number of carbonyl (C=O) groups is 1. The van der Waals surface area contributed by atoms with E-state index in [1.807, 2.05) is 58.7 Å². The topological polar surface area (TPSA) is 49.6 Å². The van der Waals surface area contributed by atoms with Crippen molar-refractivity contribution < 1.29 is 4.79 Å². The second-order valence-electron chi connectivity index (χ2n) is 6.34. The van der Waals surface area contributed by atoms with Gasteiger partial charge in [0, 0.05) is 43.7 Å². The van der Waals surface area contributed by atoms with Crippen LogP contribution in [-0.4, -0.2) is 51.0 Å². The standard InChI is InChI=1S/C18H26N4OS/c1-3-24-16-8-7-15(12-16)21(2)18(23)19-10-9-14-13-22-11-5-4-6-17(22)20-14/h4-6,11,13,15-16H,3,7-10,12H2,1-2H3,(H,19,23)/t15-,16+/m0/s1. The molecule has 2 aromatic rings. The number of amides is 2. The number of urea groups is 1. The summed E-state index contributed by atoms with van der Waals surface area (Å²) in [5, 5.41) is 3.75. The van der Waals surface area contributed by atoms with Crippen LogP contribution in [0.5, 0.6) is 0 Å². The van der Waals surface area contributed by atoms with E-state index < -0.39 is 0 Å². The summed E-state index contributed by atoms with van der Waals surface area (Å²) in [5.41, 5.74) is 1.95. The molecule has 0 spiro atoms. The molecule has 2 aromatic heterocycles. The number of fused-ring (bicyclic) bond motifs is 1. The molecule has 1 aliphatic rings. The number of rotatable bonds is 6. The molecule has 0 saturated heterocycles. The fourth-order valence-corrected chi connectivity index (χ4v) is 4.48. The molecule has 1 N–H and O–H groups in total. The highest BCUT2D eigenvalue weighted by Crippen LogP contribution is 2.32. The van der Waals surface area contributed by atoms with Crippen molar-refractivity contribution in [3.63, 3.8) is 0 Å². The van der Waals surface area contributed by atoms with Gasteiger partial charge >= 0.3 is 6.03 Å². The molecule has 130 valence electrons. The maximum Gasteiger partial charge on any atom is 0.317 e. The summed E-state index contributed by atoms with van der Waals surface area (Å²) in [4.78, 5) is 18.8. The number of pyridine rings is 1. The Morgan fingerprint density at radius 2 is 2.33 bits per heavy atom. The van der Waals surface area contributed by atoms with E-state index in [1.165, 1.54) is 6.42 Å². The summed E-state index contributed by atoms with van der Waals surface area (Å²) in [6.07, 6.45) is 8.23. The van der Waals surface area contributed by atoms with Crippen molar-refractivity contribution in [1.82, 2.24) is 19.6 Å². The van der Waals surface area contributed by atoms with E-state index in [2.05, 4.69) is 17.2 Å². The lowest BCUT2D eigenvalue weighted by atomic mass is 10.2. The fraction of sp³-hybridized carbons (Fsp3) is 0.556. The first-order valence-corrected chi connectivity index (χ1v) is 9.77. The molecular formula is C18H26N4OS. The van der Waals surface area contributed by atoms with Crippen LogP contribution in [0.1, 0.15) is 31.9 Å². The van der Waals surface area contributed by atoms with Crippen LogP contribution in [0.25, 0.3) is 5.65 Å². The molecule has 0 unspecified atom stereocenters. The average molecular weight is 347 g/mol. The Balaban J connectivity index is 1.45. The Labute approximate surface area is 147 Å². The van der Waals surface area contributed by atoms with Gasteiger partial charge in [0.1, 0.15) is 5.65 Å². The number of hydrogen-bond acceptors (Lipinski definition) is 3.